The third-order valence-corrected chi connectivity index (χ3v) is 4.78. The summed E-state index contributed by atoms with van der Waals surface area (Å²) in [6.07, 6.45) is 1.91. The Labute approximate surface area is 158 Å². The van der Waals surface area contributed by atoms with Gasteiger partial charge in [-0.3, -0.25) is 19.3 Å². The molecule has 8 heteroatoms. The van der Waals surface area contributed by atoms with Crippen LogP contribution in [0.5, 0.6) is 5.75 Å². The van der Waals surface area contributed by atoms with Crippen molar-refractivity contribution >= 4 is 17.7 Å². The smallest absolute Gasteiger partial charge is 0.311 e. The van der Waals surface area contributed by atoms with Crippen LogP contribution in [0.3, 0.4) is 0 Å². The lowest BCUT2D eigenvalue weighted by molar-refractivity contribution is -0.147. The summed E-state index contributed by atoms with van der Waals surface area (Å²) in [6.45, 7) is 2.83. The molecular formula is C19H26N4O4. The lowest BCUT2D eigenvalue weighted by Crippen LogP contribution is -2.54. The first-order valence-corrected chi connectivity index (χ1v) is 9.27. The van der Waals surface area contributed by atoms with Gasteiger partial charge in [0.15, 0.2) is 0 Å². The summed E-state index contributed by atoms with van der Waals surface area (Å²) < 4.78 is 5.11. The zero-order chi connectivity index (χ0) is 19.2. The van der Waals surface area contributed by atoms with Crippen LogP contribution in [0.15, 0.2) is 24.3 Å². The van der Waals surface area contributed by atoms with Crippen molar-refractivity contribution in [1.29, 1.82) is 0 Å². The number of rotatable bonds is 6. The summed E-state index contributed by atoms with van der Waals surface area (Å²) in [7, 11) is 1.61. The van der Waals surface area contributed by atoms with Crippen LogP contribution in [0.1, 0.15) is 18.4 Å². The van der Waals surface area contributed by atoms with Crippen LogP contribution >= 0.6 is 0 Å². The molecule has 1 saturated carbocycles. The van der Waals surface area contributed by atoms with Gasteiger partial charge in [0.2, 0.25) is 5.91 Å². The second-order valence-corrected chi connectivity index (χ2v) is 6.94. The number of hydrogen-bond acceptors (Lipinski definition) is 5. The van der Waals surface area contributed by atoms with Gasteiger partial charge in [-0.25, -0.2) is 0 Å². The average Bonchev–Trinajstić information content (AvgIpc) is 3.50. The molecule has 1 aromatic rings. The fraction of sp³-hybridized carbons (Fsp3) is 0.526. The number of amides is 3. The minimum atomic E-state index is -0.511. The molecule has 2 aliphatic rings. The fourth-order valence-electron chi connectivity index (χ4n) is 2.93. The molecule has 0 atom stereocenters. The lowest BCUT2D eigenvalue weighted by Gasteiger charge is -2.33. The molecule has 3 rings (SSSR count). The monoisotopic (exact) mass is 374 g/mol. The molecule has 1 aliphatic carbocycles. The van der Waals surface area contributed by atoms with Gasteiger partial charge >= 0.3 is 11.8 Å². The molecule has 3 amide bonds. The van der Waals surface area contributed by atoms with E-state index in [0.29, 0.717) is 32.7 Å². The first-order chi connectivity index (χ1) is 13.0. The van der Waals surface area contributed by atoms with E-state index >= 15 is 0 Å². The van der Waals surface area contributed by atoms with E-state index in [-0.39, 0.29) is 18.5 Å². The number of carbonyl (C=O) groups excluding carboxylic acids is 3. The van der Waals surface area contributed by atoms with Crippen molar-refractivity contribution in [2.24, 2.45) is 0 Å². The Balaban J connectivity index is 1.35. The predicted molar refractivity (Wildman–Crippen MR) is 99.0 cm³/mol. The standard InChI is InChI=1S/C19H26N4O4/c1-27-16-6-2-14(3-7-16)12-20-17(24)13-22-8-10-23(11-9-22)19(26)18(25)21-15-4-5-15/h2-3,6-7,15H,4-5,8-13H2,1H3,(H,20,24)(H,21,25). The Morgan fingerprint density at radius 3 is 2.33 bits per heavy atom. The number of piperazine rings is 1. The summed E-state index contributed by atoms with van der Waals surface area (Å²) in [5.74, 6) is -0.255. The molecular weight excluding hydrogens is 348 g/mol. The molecule has 2 N–H and O–H groups in total. The van der Waals surface area contributed by atoms with Gasteiger partial charge in [-0.1, -0.05) is 12.1 Å². The molecule has 0 spiro atoms. The van der Waals surface area contributed by atoms with Gasteiger partial charge < -0.3 is 20.3 Å². The van der Waals surface area contributed by atoms with E-state index in [1.165, 1.54) is 0 Å². The van der Waals surface area contributed by atoms with E-state index in [4.69, 9.17) is 4.74 Å². The normalized spacial score (nSPS) is 17.3. The van der Waals surface area contributed by atoms with Gasteiger partial charge in [0.25, 0.3) is 0 Å². The maximum absolute atomic E-state index is 12.1. The number of methoxy groups -OCH3 is 1. The predicted octanol–water partition coefficient (Wildman–Crippen LogP) is -0.266. The van der Waals surface area contributed by atoms with E-state index in [1.807, 2.05) is 29.2 Å². The van der Waals surface area contributed by atoms with E-state index in [2.05, 4.69) is 10.6 Å². The topological polar surface area (TPSA) is 91.0 Å². The number of ether oxygens (including phenoxy) is 1. The maximum atomic E-state index is 12.1. The van der Waals surface area contributed by atoms with Gasteiger partial charge in [0.1, 0.15) is 5.75 Å². The molecule has 1 heterocycles. The zero-order valence-corrected chi connectivity index (χ0v) is 15.6. The van der Waals surface area contributed by atoms with Gasteiger partial charge in [0.05, 0.1) is 13.7 Å². The summed E-state index contributed by atoms with van der Waals surface area (Å²) in [4.78, 5) is 39.6. The van der Waals surface area contributed by atoms with E-state index in [0.717, 1.165) is 24.2 Å². The number of carbonyl (C=O) groups is 3. The molecule has 2 fully saturated rings. The Kier molecular flexibility index (Phi) is 6.28. The Morgan fingerprint density at radius 1 is 1.07 bits per heavy atom. The molecule has 27 heavy (non-hydrogen) atoms. The van der Waals surface area contributed by atoms with Crippen molar-refractivity contribution in [3.8, 4) is 5.75 Å². The first kappa shape index (κ1) is 19.2. The number of nitrogens with zero attached hydrogens (tertiary/aromatic N) is 2. The molecule has 1 saturated heterocycles. The van der Waals surface area contributed by atoms with Crippen LogP contribution in [0.4, 0.5) is 0 Å². The molecule has 0 radical (unpaired) electrons. The van der Waals surface area contributed by atoms with Gasteiger partial charge in [-0.2, -0.15) is 0 Å². The Morgan fingerprint density at radius 2 is 1.74 bits per heavy atom. The Bertz CT molecular complexity index is 679. The van der Waals surface area contributed by atoms with Crippen LogP contribution in [-0.2, 0) is 20.9 Å². The zero-order valence-electron chi connectivity index (χ0n) is 15.6. The van der Waals surface area contributed by atoms with E-state index in [9.17, 15) is 14.4 Å². The molecule has 146 valence electrons. The van der Waals surface area contributed by atoms with Crippen molar-refractivity contribution in [3.63, 3.8) is 0 Å². The van der Waals surface area contributed by atoms with Crippen LogP contribution < -0.4 is 15.4 Å². The molecule has 8 nitrogen and oxygen atoms in total. The van der Waals surface area contributed by atoms with Crippen molar-refractivity contribution < 1.29 is 19.1 Å². The molecule has 0 unspecified atom stereocenters. The number of benzene rings is 1. The summed E-state index contributed by atoms with van der Waals surface area (Å²) in [6, 6.07) is 7.72. The molecule has 0 aromatic heterocycles. The largest absolute Gasteiger partial charge is 0.497 e. The van der Waals surface area contributed by atoms with Crippen molar-refractivity contribution in [1.82, 2.24) is 20.4 Å². The van der Waals surface area contributed by atoms with Crippen molar-refractivity contribution in [3.05, 3.63) is 29.8 Å². The third-order valence-electron chi connectivity index (χ3n) is 4.78. The quantitative estimate of drug-likeness (QED) is 0.669. The minimum Gasteiger partial charge on any atom is -0.497 e. The molecule has 0 bridgehead atoms. The maximum Gasteiger partial charge on any atom is 0.311 e. The van der Waals surface area contributed by atoms with Crippen LogP contribution in [0.2, 0.25) is 0 Å². The Hall–Kier alpha value is -2.61. The number of nitrogens with one attached hydrogen (secondary N) is 2. The highest BCUT2D eigenvalue weighted by Gasteiger charge is 2.30. The van der Waals surface area contributed by atoms with E-state index < -0.39 is 11.8 Å². The summed E-state index contributed by atoms with van der Waals surface area (Å²) in [5, 5.41) is 5.62. The van der Waals surface area contributed by atoms with E-state index in [1.54, 1.807) is 12.0 Å². The molecule has 1 aromatic carbocycles. The SMILES string of the molecule is COc1ccc(CNC(=O)CN2CCN(C(=O)C(=O)NC3CC3)CC2)cc1. The van der Waals surface area contributed by atoms with Crippen molar-refractivity contribution in [2.75, 3.05) is 39.8 Å². The summed E-state index contributed by atoms with van der Waals surface area (Å²) in [5.41, 5.74) is 1.00. The van der Waals surface area contributed by atoms with Crippen LogP contribution in [-0.4, -0.2) is 73.4 Å². The van der Waals surface area contributed by atoms with Gasteiger partial charge in [0, 0.05) is 38.8 Å². The minimum absolute atomic E-state index is 0.0583. The fourth-order valence-corrected chi connectivity index (χ4v) is 2.93. The summed E-state index contributed by atoms with van der Waals surface area (Å²) >= 11 is 0. The van der Waals surface area contributed by atoms with Gasteiger partial charge in [-0.05, 0) is 30.5 Å². The van der Waals surface area contributed by atoms with Gasteiger partial charge in [-0.15, -0.1) is 0 Å². The third kappa shape index (κ3) is 5.68. The number of hydrogen-bond donors (Lipinski definition) is 2. The molecule has 1 aliphatic heterocycles. The first-order valence-electron chi connectivity index (χ1n) is 9.27. The lowest BCUT2D eigenvalue weighted by atomic mass is 10.2. The highest BCUT2D eigenvalue weighted by atomic mass is 16.5. The highest BCUT2D eigenvalue weighted by Crippen LogP contribution is 2.18. The van der Waals surface area contributed by atoms with Crippen LogP contribution in [0.25, 0.3) is 0 Å². The van der Waals surface area contributed by atoms with Crippen LogP contribution in [0, 0.1) is 0 Å². The average molecular weight is 374 g/mol. The second kappa shape index (κ2) is 8.85. The van der Waals surface area contributed by atoms with Crippen molar-refractivity contribution in [2.45, 2.75) is 25.4 Å². The highest BCUT2D eigenvalue weighted by molar-refractivity contribution is 6.35. The second-order valence-electron chi connectivity index (χ2n) is 6.94.